The molecule has 1 heterocycles. The zero-order chi connectivity index (χ0) is 9.84. The van der Waals surface area contributed by atoms with Crippen LogP contribution in [-0.4, -0.2) is 9.55 Å². The van der Waals surface area contributed by atoms with Gasteiger partial charge in [0.2, 0.25) is 0 Å². The highest BCUT2D eigenvalue weighted by Gasteiger charge is 2.11. The maximum absolute atomic E-state index is 6.01. The van der Waals surface area contributed by atoms with Crippen LogP contribution < -0.4 is 5.73 Å². The van der Waals surface area contributed by atoms with E-state index in [2.05, 4.69) is 18.8 Å². The van der Waals surface area contributed by atoms with Crippen molar-refractivity contribution in [3.63, 3.8) is 0 Å². The third kappa shape index (κ3) is 2.84. The molecule has 0 bridgehead atoms. The van der Waals surface area contributed by atoms with Crippen LogP contribution in [0.15, 0.2) is 12.5 Å². The van der Waals surface area contributed by atoms with Gasteiger partial charge in [-0.2, -0.15) is 0 Å². The highest BCUT2D eigenvalue weighted by Crippen LogP contribution is 2.18. The van der Waals surface area contributed by atoms with Gasteiger partial charge in [0.15, 0.2) is 0 Å². The van der Waals surface area contributed by atoms with Crippen LogP contribution in [0, 0.1) is 5.92 Å². The molecule has 2 unspecified atom stereocenters. The Morgan fingerprint density at radius 3 is 2.77 bits per heavy atom. The second-order valence-electron chi connectivity index (χ2n) is 3.82. The molecule has 0 aromatic carbocycles. The summed E-state index contributed by atoms with van der Waals surface area (Å²) in [5, 5.41) is 0. The molecule has 13 heavy (non-hydrogen) atoms. The van der Waals surface area contributed by atoms with Crippen LogP contribution in [0.25, 0.3) is 0 Å². The number of nitrogens with two attached hydrogens (primary N) is 1. The molecule has 2 atom stereocenters. The van der Waals surface area contributed by atoms with E-state index in [1.165, 1.54) is 6.42 Å². The van der Waals surface area contributed by atoms with Gasteiger partial charge < -0.3 is 10.3 Å². The Bertz CT molecular complexity index is 254. The van der Waals surface area contributed by atoms with Crippen LogP contribution in [0.1, 0.15) is 38.4 Å². The standard InChI is InChI=1S/C10H19N3/c1-4-8(2)5-9(11)10-6-13(3)7-12-10/h6-9H,4-5,11H2,1-3H3. The lowest BCUT2D eigenvalue weighted by atomic mass is 9.98. The Labute approximate surface area is 80.0 Å². The largest absolute Gasteiger partial charge is 0.340 e. The summed E-state index contributed by atoms with van der Waals surface area (Å²) in [4.78, 5) is 4.24. The van der Waals surface area contributed by atoms with Crippen molar-refractivity contribution >= 4 is 0 Å². The third-order valence-electron chi connectivity index (χ3n) is 2.46. The fraction of sp³-hybridized carbons (Fsp3) is 0.700. The first-order chi connectivity index (χ1) is 6.13. The molecule has 74 valence electrons. The normalized spacial score (nSPS) is 15.7. The quantitative estimate of drug-likeness (QED) is 0.770. The van der Waals surface area contributed by atoms with Gasteiger partial charge in [-0.15, -0.1) is 0 Å². The van der Waals surface area contributed by atoms with Gasteiger partial charge in [0.25, 0.3) is 0 Å². The summed E-state index contributed by atoms with van der Waals surface area (Å²) >= 11 is 0. The summed E-state index contributed by atoms with van der Waals surface area (Å²) in [5.41, 5.74) is 7.01. The Hall–Kier alpha value is -0.830. The summed E-state index contributed by atoms with van der Waals surface area (Å²) < 4.78 is 1.94. The van der Waals surface area contributed by atoms with Crippen molar-refractivity contribution in [2.45, 2.75) is 32.7 Å². The van der Waals surface area contributed by atoms with Crippen LogP contribution in [0.5, 0.6) is 0 Å². The molecular formula is C10H19N3. The van der Waals surface area contributed by atoms with Crippen LogP contribution in [0.2, 0.25) is 0 Å². The number of aromatic nitrogens is 2. The second-order valence-corrected chi connectivity index (χ2v) is 3.82. The second kappa shape index (κ2) is 4.42. The van der Waals surface area contributed by atoms with E-state index in [-0.39, 0.29) is 6.04 Å². The fourth-order valence-electron chi connectivity index (χ4n) is 1.35. The van der Waals surface area contributed by atoms with Gasteiger partial charge in [-0.05, 0) is 12.3 Å². The van der Waals surface area contributed by atoms with Gasteiger partial charge in [0.1, 0.15) is 0 Å². The van der Waals surface area contributed by atoms with Crippen molar-refractivity contribution in [3.05, 3.63) is 18.2 Å². The zero-order valence-electron chi connectivity index (χ0n) is 8.70. The molecule has 1 aromatic heterocycles. The topological polar surface area (TPSA) is 43.8 Å². The Kier molecular flexibility index (Phi) is 3.48. The van der Waals surface area contributed by atoms with Crippen LogP contribution in [-0.2, 0) is 7.05 Å². The highest BCUT2D eigenvalue weighted by atomic mass is 15.0. The van der Waals surface area contributed by atoms with Crippen molar-refractivity contribution in [3.8, 4) is 0 Å². The monoisotopic (exact) mass is 181 g/mol. The lowest BCUT2D eigenvalue weighted by Crippen LogP contribution is -2.14. The van der Waals surface area contributed by atoms with E-state index in [1.54, 1.807) is 6.33 Å². The van der Waals surface area contributed by atoms with Crippen LogP contribution in [0.4, 0.5) is 0 Å². The van der Waals surface area contributed by atoms with Crippen molar-refractivity contribution in [2.75, 3.05) is 0 Å². The zero-order valence-corrected chi connectivity index (χ0v) is 8.70. The Balaban J connectivity index is 2.53. The molecule has 0 saturated carbocycles. The van der Waals surface area contributed by atoms with Gasteiger partial charge in [-0.1, -0.05) is 20.3 Å². The van der Waals surface area contributed by atoms with Gasteiger partial charge in [0.05, 0.1) is 12.0 Å². The van der Waals surface area contributed by atoms with Gasteiger partial charge >= 0.3 is 0 Å². The molecule has 3 nitrogen and oxygen atoms in total. The van der Waals surface area contributed by atoms with E-state index in [9.17, 15) is 0 Å². The Morgan fingerprint density at radius 2 is 2.31 bits per heavy atom. The van der Waals surface area contributed by atoms with E-state index < -0.39 is 0 Å². The molecule has 0 aliphatic rings. The molecule has 0 fully saturated rings. The molecule has 3 heteroatoms. The number of rotatable bonds is 4. The molecule has 0 aliphatic heterocycles. The lowest BCUT2D eigenvalue weighted by Gasteiger charge is -2.13. The van der Waals surface area contributed by atoms with Crippen molar-refractivity contribution < 1.29 is 0 Å². The Morgan fingerprint density at radius 1 is 1.62 bits per heavy atom. The van der Waals surface area contributed by atoms with Crippen molar-refractivity contribution in [1.29, 1.82) is 0 Å². The fourth-order valence-corrected chi connectivity index (χ4v) is 1.35. The average Bonchev–Trinajstić information content (AvgIpc) is 2.51. The molecule has 0 amide bonds. The average molecular weight is 181 g/mol. The SMILES string of the molecule is CCC(C)CC(N)c1cn(C)cn1. The summed E-state index contributed by atoms with van der Waals surface area (Å²) in [6.07, 6.45) is 5.99. The minimum Gasteiger partial charge on any atom is -0.340 e. The molecule has 0 radical (unpaired) electrons. The van der Waals surface area contributed by atoms with E-state index in [1.807, 2.05) is 17.8 Å². The predicted octanol–water partition coefficient (Wildman–Crippen LogP) is 1.86. The lowest BCUT2D eigenvalue weighted by molar-refractivity contribution is 0.456. The van der Waals surface area contributed by atoms with E-state index >= 15 is 0 Å². The molecule has 0 aliphatic carbocycles. The van der Waals surface area contributed by atoms with E-state index in [4.69, 9.17) is 5.73 Å². The maximum Gasteiger partial charge on any atom is 0.0947 e. The summed E-state index contributed by atoms with van der Waals surface area (Å²) in [6.45, 7) is 4.42. The molecule has 2 N–H and O–H groups in total. The smallest absolute Gasteiger partial charge is 0.0947 e. The van der Waals surface area contributed by atoms with Crippen LogP contribution >= 0.6 is 0 Å². The van der Waals surface area contributed by atoms with Gasteiger partial charge in [0, 0.05) is 19.3 Å². The maximum atomic E-state index is 6.01. The molecule has 1 aromatic rings. The minimum atomic E-state index is 0.0937. The first-order valence-electron chi connectivity index (χ1n) is 4.87. The van der Waals surface area contributed by atoms with Crippen LogP contribution in [0.3, 0.4) is 0 Å². The number of aryl methyl sites for hydroxylation is 1. The van der Waals surface area contributed by atoms with E-state index in [0.29, 0.717) is 5.92 Å². The number of imidazole rings is 1. The van der Waals surface area contributed by atoms with Crippen molar-refractivity contribution in [2.24, 2.45) is 18.7 Å². The first kappa shape index (κ1) is 10.3. The van der Waals surface area contributed by atoms with Gasteiger partial charge in [-0.3, -0.25) is 0 Å². The number of hydrogen-bond acceptors (Lipinski definition) is 2. The molecular weight excluding hydrogens is 162 g/mol. The minimum absolute atomic E-state index is 0.0937. The van der Waals surface area contributed by atoms with E-state index in [0.717, 1.165) is 12.1 Å². The summed E-state index contributed by atoms with van der Waals surface area (Å²) in [5.74, 6) is 0.678. The number of nitrogens with zero attached hydrogens (tertiary/aromatic N) is 2. The third-order valence-corrected chi connectivity index (χ3v) is 2.46. The molecule has 0 spiro atoms. The predicted molar refractivity (Wildman–Crippen MR) is 54.2 cm³/mol. The van der Waals surface area contributed by atoms with Crippen molar-refractivity contribution in [1.82, 2.24) is 9.55 Å². The molecule has 1 rings (SSSR count). The summed E-state index contributed by atoms with van der Waals surface area (Å²) in [6, 6.07) is 0.0937. The molecule has 0 saturated heterocycles. The number of hydrogen-bond donors (Lipinski definition) is 1. The highest BCUT2D eigenvalue weighted by molar-refractivity contribution is 5.02. The van der Waals surface area contributed by atoms with Gasteiger partial charge in [-0.25, -0.2) is 4.98 Å². The first-order valence-corrected chi connectivity index (χ1v) is 4.87. The summed E-state index contributed by atoms with van der Waals surface area (Å²) in [7, 11) is 1.96.